The molecule has 7 heterocycles. The van der Waals surface area contributed by atoms with Crippen LogP contribution in [0.1, 0.15) is 39.9 Å². The monoisotopic (exact) mass is 977 g/mol. The zero-order valence-corrected chi connectivity index (χ0v) is 37.6. The number of hydrogen-bond donors (Lipinski definition) is 15. The van der Waals surface area contributed by atoms with Crippen LogP contribution in [0.15, 0.2) is 87.7 Å². The molecule has 0 fully saturated rings. The standard InChI is InChI=1S/C42H51N21O8/c43-29(1-22-8-44-15-51-22)36(64)58-30(2-23-9-45-16-52-23)37(65)59-31(3-24-10-46-17-53-24)38(66)60-32(4-25-11-47-18-54-25)39(67)61-33(5-26-12-48-19-55-26)40(68)62-34(6-27-13-49-20-56-27)41(69)63-35(42(70)71)7-28-14-50-21-57-28/h8-21,29-35H,1-7,43H2,(H,44,51)(H,45,52)(H,46,53)(H,47,54)(H,48,55)(H,49,56)(H,50,57)(H,58,64)(H,59,65)(H,60,66)(H,61,67)(H,62,68)(H,63,69)(H,70,71)/t29-,30-,31-,32-,33-,34-,35-/m0/s1. The summed E-state index contributed by atoms with van der Waals surface area (Å²) in [4.78, 5) is 145. The van der Waals surface area contributed by atoms with Crippen molar-refractivity contribution in [3.8, 4) is 0 Å². The van der Waals surface area contributed by atoms with Crippen molar-refractivity contribution in [1.29, 1.82) is 0 Å². The summed E-state index contributed by atoms with van der Waals surface area (Å²) < 4.78 is 0. The molecular weight excluding hydrogens is 927 g/mol. The summed E-state index contributed by atoms with van der Waals surface area (Å²) in [5, 5.41) is 25.9. The first-order chi connectivity index (χ1) is 34.4. The molecule has 0 aliphatic carbocycles. The summed E-state index contributed by atoms with van der Waals surface area (Å²) in [6.07, 6.45) is 19.0. The number of aliphatic carboxylic acids is 1. The molecule has 372 valence electrons. The second-order valence-electron chi connectivity index (χ2n) is 16.3. The Morgan fingerprint density at radius 2 is 0.549 bits per heavy atom. The average Bonchev–Trinajstić information content (AvgIpc) is 4.20. The number of nitrogens with zero attached hydrogens (tertiary/aromatic N) is 7. The van der Waals surface area contributed by atoms with Gasteiger partial charge >= 0.3 is 5.97 Å². The molecule has 0 bridgehead atoms. The summed E-state index contributed by atoms with van der Waals surface area (Å²) in [6.45, 7) is 0. The molecule has 7 aromatic rings. The van der Waals surface area contributed by atoms with Gasteiger partial charge in [0.25, 0.3) is 0 Å². The van der Waals surface area contributed by atoms with Gasteiger partial charge in [0.1, 0.15) is 36.3 Å². The average molecular weight is 978 g/mol. The first-order valence-electron chi connectivity index (χ1n) is 22.0. The second kappa shape index (κ2) is 24.1. The summed E-state index contributed by atoms with van der Waals surface area (Å²) in [7, 11) is 0. The number of aromatic nitrogens is 14. The molecule has 0 unspecified atom stereocenters. The van der Waals surface area contributed by atoms with Crippen LogP contribution in [0.3, 0.4) is 0 Å². The molecule has 0 aromatic carbocycles. The Bertz CT molecular complexity index is 2740. The number of rotatable bonds is 27. The summed E-state index contributed by atoms with van der Waals surface area (Å²) >= 11 is 0. The number of hydrogen-bond acceptors (Lipinski definition) is 15. The highest BCUT2D eigenvalue weighted by atomic mass is 16.4. The fourth-order valence-electron chi connectivity index (χ4n) is 7.31. The first-order valence-corrected chi connectivity index (χ1v) is 22.0. The Labute approximate surface area is 401 Å². The third kappa shape index (κ3) is 14.6. The highest BCUT2D eigenvalue weighted by Gasteiger charge is 2.35. The molecule has 7 aromatic heterocycles. The van der Waals surface area contributed by atoms with E-state index in [4.69, 9.17) is 5.73 Å². The van der Waals surface area contributed by atoms with Crippen LogP contribution in [0.25, 0.3) is 0 Å². The van der Waals surface area contributed by atoms with Gasteiger partial charge in [-0.1, -0.05) is 0 Å². The number of carboxylic acids is 1. The van der Waals surface area contributed by atoms with Crippen molar-refractivity contribution in [1.82, 2.24) is 102 Å². The Hall–Kier alpha value is -9.28. The Morgan fingerprint density at radius 1 is 0.352 bits per heavy atom. The van der Waals surface area contributed by atoms with Gasteiger partial charge in [-0.2, -0.15) is 0 Å². The fraction of sp³-hybridized carbons (Fsp3) is 0.333. The number of carbonyl (C=O) groups is 7. The summed E-state index contributed by atoms with van der Waals surface area (Å²) in [5.41, 5.74) is 9.36. The molecule has 16 N–H and O–H groups in total. The number of nitrogens with one attached hydrogen (secondary N) is 13. The van der Waals surface area contributed by atoms with Gasteiger partial charge in [-0.3, -0.25) is 28.8 Å². The third-order valence-corrected chi connectivity index (χ3v) is 11.0. The van der Waals surface area contributed by atoms with E-state index in [1.165, 1.54) is 87.7 Å². The van der Waals surface area contributed by atoms with Gasteiger partial charge in [-0.25, -0.2) is 39.7 Å². The van der Waals surface area contributed by atoms with E-state index < -0.39 is 83.7 Å². The van der Waals surface area contributed by atoms with E-state index in [1.807, 2.05) is 0 Å². The highest BCUT2D eigenvalue weighted by molar-refractivity contribution is 5.97. The van der Waals surface area contributed by atoms with Crippen molar-refractivity contribution < 1.29 is 38.7 Å². The minimum Gasteiger partial charge on any atom is -0.480 e. The molecule has 0 spiro atoms. The smallest absolute Gasteiger partial charge is 0.326 e. The lowest BCUT2D eigenvalue weighted by atomic mass is 10.0. The van der Waals surface area contributed by atoms with E-state index in [1.54, 1.807) is 0 Å². The van der Waals surface area contributed by atoms with Crippen molar-refractivity contribution in [2.24, 2.45) is 5.73 Å². The maximum atomic E-state index is 14.5. The maximum absolute atomic E-state index is 14.5. The van der Waals surface area contributed by atoms with E-state index in [2.05, 4.69) is 102 Å². The van der Waals surface area contributed by atoms with E-state index in [9.17, 15) is 38.7 Å². The number of aromatic amines is 7. The van der Waals surface area contributed by atoms with Gasteiger partial charge in [-0.05, 0) is 0 Å². The van der Waals surface area contributed by atoms with Gasteiger partial charge in [0.2, 0.25) is 35.4 Å². The van der Waals surface area contributed by atoms with Crippen molar-refractivity contribution in [2.45, 2.75) is 87.2 Å². The van der Waals surface area contributed by atoms with Gasteiger partial charge < -0.3 is 77.6 Å². The number of carbonyl (C=O) groups excluding carboxylic acids is 6. The van der Waals surface area contributed by atoms with Crippen LogP contribution >= 0.6 is 0 Å². The first kappa shape index (κ1) is 49.6. The van der Waals surface area contributed by atoms with Crippen molar-refractivity contribution in [2.75, 3.05) is 0 Å². The Balaban J connectivity index is 1.11. The molecule has 0 saturated carbocycles. The topological polar surface area (TPSA) is 439 Å². The van der Waals surface area contributed by atoms with Gasteiger partial charge in [-0.15, -0.1) is 0 Å². The Morgan fingerprint density at radius 3 is 0.761 bits per heavy atom. The van der Waals surface area contributed by atoms with Crippen LogP contribution < -0.4 is 37.6 Å². The molecule has 0 saturated heterocycles. The largest absolute Gasteiger partial charge is 0.480 e. The van der Waals surface area contributed by atoms with E-state index >= 15 is 0 Å². The predicted molar refractivity (Wildman–Crippen MR) is 243 cm³/mol. The fourth-order valence-corrected chi connectivity index (χ4v) is 7.31. The molecule has 71 heavy (non-hydrogen) atoms. The molecule has 0 aliphatic rings. The summed E-state index contributed by atoms with van der Waals surface area (Å²) in [6, 6.07) is -9.44. The lowest BCUT2D eigenvalue weighted by molar-refractivity contribution is -0.142. The second-order valence-corrected chi connectivity index (χ2v) is 16.3. The number of imidazole rings is 7. The molecule has 0 radical (unpaired) electrons. The molecule has 7 atom stereocenters. The highest BCUT2D eigenvalue weighted by Crippen LogP contribution is 2.10. The van der Waals surface area contributed by atoms with E-state index in [-0.39, 0.29) is 44.9 Å². The maximum Gasteiger partial charge on any atom is 0.326 e. The molecule has 6 amide bonds. The zero-order valence-electron chi connectivity index (χ0n) is 37.6. The Kier molecular flexibility index (Phi) is 16.9. The van der Waals surface area contributed by atoms with Crippen LogP contribution in [0.4, 0.5) is 0 Å². The van der Waals surface area contributed by atoms with Crippen LogP contribution in [0.5, 0.6) is 0 Å². The number of carboxylic acid groups (broad SMARTS) is 1. The number of nitrogens with two attached hydrogens (primary N) is 1. The lowest BCUT2D eigenvalue weighted by Gasteiger charge is -2.27. The van der Waals surface area contributed by atoms with Crippen LogP contribution in [-0.2, 0) is 78.5 Å². The quantitative estimate of drug-likeness (QED) is 0.0234. The van der Waals surface area contributed by atoms with Gasteiger partial charge in [0.05, 0.1) is 50.3 Å². The van der Waals surface area contributed by atoms with Crippen molar-refractivity contribution >= 4 is 41.4 Å². The van der Waals surface area contributed by atoms with Crippen molar-refractivity contribution in [3.63, 3.8) is 0 Å². The van der Waals surface area contributed by atoms with Crippen LogP contribution in [-0.4, -0.2) is 159 Å². The number of H-pyrrole nitrogens is 7. The van der Waals surface area contributed by atoms with Gasteiger partial charge in [0.15, 0.2) is 0 Å². The molecule has 7 rings (SSSR count). The van der Waals surface area contributed by atoms with Gasteiger partial charge in [0, 0.05) is 128 Å². The molecule has 29 nitrogen and oxygen atoms in total. The number of amides is 6. The minimum atomic E-state index is -1.44. The SMILES string of the molecule is N[C@@H](Cc1cnc[nH]1)C(=O)N[C@@H](Cc1cnc[nH]1)C(=O)N[C@@H](Cc1cnc[nH]1)C(=O)N[C@@H](Cc1cnc[nH]1)C(=O)N[C@@H](Cc1cnc[nH]1)C(=O)N[C@@H](Cc1cnc[nH]1)C(=O)N[C@@H](Cc1cnc[nH]1)C(=O)O. The normalized spacial score (nSPS) is 14.2. The molecular formula is C42H51N21O8. The zero-order chi connectivity index (χ0) is 50.1. The van der Waals surface area contributed by atoms with E-state index in [0.29, 0.717) is 39.9 Å². The van der Waals surface area contributed by atoms with Crippen molar-refractivity contribution in [3.05, 3.63) is 128 Å². The molecule has 0 aliphatic heterocycles. The lowest BCUT2D eigenvalue weighted by Crippen LogP contribution is -2.61. The van der Waals surface area contributed by atoms with Crippen LogP contribution in [0.2, 0.25) is 0 Å². The summed E-state index contributed by atoms with van der Waals surface area (Å²) in [5.74, 6) is -6.22. The van der Waals surface area contributed by atoms with E-state index in [0.717, 1.165) is 0 Å². The molecule has 29 heteroatoms. The third-order valence-electron chi connectivity index (χ3n) is 11.0. The minimum absolute atomic E-state index is 0.0763. The predicted octanol–water partition coefficient (Wildman–Crippen LogP) is -3.93. The van der Waals surface area contributed by atoms with Crippen LogP contribution in [0, 0.1) is 0 Å².